The smallest absolute Gasteiger partial charge is 0.158 e. The van der Waals surface area contributed by atoms with Gasteiger partial charge in [0.2, 0.25) is 0 Å². The normalized spacial score (nSPS) is 11.5. The molecule has 94 valence electrons. The van der Waals surface area contributed by atoms with Gasteiger partial charge in [-0.05, 0) is 13.3 Å². The summed E-state index contributed by atoms with van der Waals surface area (Å²) in [7, 11) is 3.64. The number of alkyl halides is 1. The lowest BCUT2D eigenvalue weighted by atomic mass is 10.4. The van der Waals surface area contributed by atoms with Gasteiger partial charge in [-0.25, -0.2) is 4.98 Å². The van der Waals surface area contributed by atoms with Crippen LogP contribution in [0.15, 0.2) is 0 Å². The molecule has 0 saturated carbocycles. The molecule has 6 heteroatoms. The van der Waals surface area contributed by atoms with Crippen molar-refractivity contribution in [2.75, 3.05) is 13.7 Å². The highest BCUT2D eigenvalue weighted by Crippen LogP contribution is 2.20. The van der Waals surface area contributed by atoms with Crippen molar-refractivity contribution in [1.82, 2.24) is 19.3 Å². The minimum absolute atomic E-state index is 0.418. The molecule has 0 spiro atoms. The van der Waals surface area contributed by atoms with Crippen LogP contribution in [0.3, 0.4) is 0 Å². The number of imidazole rings is 1. The third kappa shape index (κ3) is 2.17. The van der Waals surface area contributed by atoms with Gasteiger partial charge in [0.15, 0.2) is 5.65 Å². The number of halogens is 1. The van der Waals surface area contributed by atoms with Gasteiger partial charge in [-0.2, -0.15) is 5.10 Å². The van der Waals surface area contributed by atoms with Crippen LogP contribution in [0.25, 0.3) is 11.2 Å². The lowest BCUT2D eigenvalue weighted by molar-refractivity contribution is 0.190. The quantitative estimate of drug-likeness (QED) is 0.606. The van der Waals surface area contributed by atoms with Gasteiger partial charge < -0.3 is 9.30 Å². The molecule has 2 aromatic rings. The Kier molecular flexibility index (Phi) is 3.69. The van der Waals surface area contributed by atoms with Crippen LogP contribution in [-0.4, -0.2) is 33.0 Å². The Balaban J connectivity index is 2.42. The molecule has 0 atom stereocenters. The molecular formula is C11H17ClN4O. The second-order valence-corrected chi connectivity index (χ2v) is 4.31. The van der Waals surface area contributed by atoms with Crippen LogP contribution in [0, 0.1) is 6.92 Å². The first-order chi connectivity index (χ1) is 8.19. The predicted octanol–water partition coefficient (Wildman–Crippen LogP) is 1.85. The lowest BCUT2D eigenvalue weighted by Gasteiger charge is -2.07. The van der Waals surface area contributed by atoms with Crippen LogP contribution in [0.4, 0.5) is 0 Å². The van der Waals surface area contributed by atoms with Crippen LogP contribution in [0.2, 0.25) is 0 Å². The van der Waals surface area contributed by atoms with E-state index in [2.05, 4.69) is 14.6 Å². The lowest BCUT2D eigenvalue weighted by Crippen LogP contribution is -2.08. The number of nitrogens with zero attached hydrogens (tertiary/aromatic N) is 4. The molecule has 0 aliphatic heterocycles. The summed E-state index contributed by atoms with van der Waals surface area (Å²) in [5.41, 5.74) is 2.93. The zero-order chi connectivity index (χ0) is 12.4. The fourth-order valence-electron chi connectivity index (χ4n) is 2.08. The van der Waals surface area contributed by atoms with Crippen LogP contribution in [0.1, 0.15) is 17.9 Å². The second kappa shape index (κ2) is 5.06. The van der Waals surface area contributed by atoms with E-state index in [0.717, 1.165) is 42.3 Å². The number of ether oxygens (including phenoxy) is 1. The van der Waals surface area contributed by atoms with E-state index in [1.54, 1.807) is 7.11 Å². The largest absolute Gasteiger partial charge is 0.385 e. The molecule has 2 aromatic heterocycles. The molecule has 0 fully saturated rings. The van der Waals surface area contributed by atoms with Gasteiger partial charge >= 0.3 is 0 Å². The Labute approximate surface area is 105 Å². The summed E-state index contributed by atoms with van der Waals surface area (Å²) in [6.07, 6.45) is 0.941. The SMILES string of the molecule is COCCCn1c(CCl)nc2c(C)nn(C)c21. The molecule has 5 nitrogen and oxygen atoms in total. The van der Waals surface area contributed by atoms with Gasteiger partial charge in [0.1, 0.15) is 11.3 Å². The summed E-state index contributed by atoms with van der Waals surface area (Å²) in [6, 6.07) is 0. The maximum atomic E-state index is 5.93. The zero-order valence-electron chi connectivity index (χ0n) is 10.4. The third-order valence-electron chi connectivity index (χ3n) is 2.82. The van der Waals surface area contributed by atoms with Gasteiger partial charge in [-0.15, -0.1) is 11.6 Å². The highest BCUT2D eigenvalue weighted by atomic mass is 35.5. The summed E-state index contributed by atoms with van der Waals surface area (Å²) in [6.45, 7) is 3.55. The molecule has 0 unspecified atom stereocenters. The fraction of sp³-hybridized carbons (Fsp3) is 0.636. The van der Waals surface area contributed by atoms with Crippen molar-refractivity contribution >= 4 is 22.8 Å². The van der Waals surface area contributed by atoms with Crippen LogP contribution in [-0.2, 0) is 24.2 Å². The maximum absolute atomic E-state index is 5.93. The van der Waals surface area contributed by atoms with Crippen molar-refractivity contribution in [2.24, 2.45) is 7.05 Å². The van der Waals surface area contributed by atoms with Crippen LogP contribution >= 0.6 is 11.6 Å². The Morgan fingerprint density at radius 3 is 2.82 bits per heavy atom. The van der Waals surface area contributed by atoms with Crippen molar-refractivity contribution < 1.29 is 4.74 Å². The molecule has 0 radical (unpaired) electrons. The van der Waals surface area contributed by atoms with E-state index in [9.17, 15) is 0 Å². The van der Waals surface area contributed by atoms with E-state index in [4.69, 9.17) is 16.3 Å². The highest BCUT2D eigenvalue weighted by Gasteiger charge is 2.16. The molecule has 0 aromatic carbocycles. The molecule has 0 bridgehead atoms. The molecule has 0 N–H and O–H groups in total. The van der Waals surface area contributed by atoms with Gasteiger partial charge in [0, 0.05) is 27.3 Å². The number of hydrogen-bond acceptors (Lipinski definition) is 3. The number of methoxy groups -OCH3 is 1. The Hall–Kier alpha value is -1.07. The Morgan fingerprint density at radius 1 is 1.41 bits per heavy atom. The van der Waals surface area contributed by atoms with Crippen LogP contribution < -0.4 is 0 Å². The summed E-state index contributed by atoms with van der Waals surface area (Å²) in [5, 5.41) is 4.37. The van der Waals surface area contributed by atoms with Gasteiger partial charge in [0.05, 0.1) is 11.6 Å². The monoisotopic (exact) mass is 256 g/mol. The summed E-state index contributed by atoms with van der Waals surface area (Å²) >= 11 is 5.93. The summed E-state index contributed by atoms with van der Waals surface area (Å²) < 4.78 is 9.06. The van der Waals surface area contributed by atoms with E-state index in [-0.39, 0.29) is 0 Å². The average Bonchev–Trinajstić information content (AvgIpc) is 2.79. The topological polar surface area (TPSA) is 44.9 Å². The van der Waals surface area contributed by atoms with E-state index < -0.39 is 0 Å². The molecule has 0 saturated heterocycles. The molecule has 2 rings (SSSR count). The number of aromatic nitrogens is 4. The van der Waals surface area contributed by atoms with Crippen molar-refractivity contribution in [3.05, 3.63) is 11.5 Å². The van der Waals surface area contributed by atoms with E-state index in [0.29, 0.717) is 5.88 Å². The summed E-state index contributed by atoms with van der Waals surface area (Å²) in [4.78, 5) is 4.54. The van der Waals surface area contributed by atoms with Crippen molar-refractivity contribution in [2.45, 2.75) is 25.8 Å². The van der Waals surface area contributed by atoms with E-state index in [1.807, 2.05) is 18.7 Å². The Morgan fingerprint density at radius 2 is 2.18 bits per heavy atom. The first-order valence-corrected chi connectivity index (χ1v) is 6.16. The van der Waals surface area contributed by atoms with Gasteiger partial charge in [-0.1, -0.05) is 0 Å². The van der Waals surface area contributed by atoms with Crippen molar-refractivity contribution in [3.63, 3.8) is 0 Å². The molecular weight excluding hydrogens is 240 g/mol. The minimum Gasteiger partial charge on any atom is -0.385 e. The second-order valence-electron chi connectivity index (χ2n) is 4.04. The van der Waals surface area contributed by atoms with Gasteiger partial charge in [0.25, 0.3) is 0 Å². The molecule has 17 heavy (non-hydrogen) atoms. The van der Waals surface area contributed by atoms with Crippen molar-refractivity contribution in [3.8, 4) is 0 Å². The fourth-order valence-corrected chi connectivity index (χ4v) is 2.29. The standard InChI is InChI=1S/C11H17ClN4O/c1-8-10-11(15(2)14-8)16(5-4-6-17-3)9(7-12)13-10/h4-7H2,1-3H3. The van der Waals surface area contributed by atoms with Crippen LogP contribution in [0.5, 0.6) is 0 Å². The molecule has 0 amide bonds. The molecule has 2 heterocycles. The zero-order valence-corrected chi connectivity index (χ0v) is 11.2. The third-order valence-corrected chi connectivity index (χ3v) is 3.06. The number of hydrogen-bond donors (Lipinski definition) is 0. The first kappa shape index (κ1) is 12.4. The highest BCUT2D eigenvalue weighted by molar-refractivity contribution is 6.16. The van der Waals surface area contributed by atoms with E-state index >= 15 is 0 Å². The van der Waals surface area contributed by atoms with E-state index in [1.165, 1.54) is 0 Å². The number of fused-ring (bicyclic) bond motifs is 1. The molecule has 0 aliphatic rings. The van der Waals surface area contributed by atoms with Gasteiger partial charge in [-0.3, -0.25) is 4.68 Å². The maximum Gasteiger partial charge on any atom is 0.158 e. The predicted molar refractivity (Wildman–Crippen MR) is 67.3 cm³/mol. The Bertz CT molecular complexity index is 517. The minimum atomic E-state index is 0.418. The number of rotatable bonds is 5. The summed E-state index contributed by atoms with van der Waals surface area (Å²) in [5.74, 6) is 1.31. The number of aryl methyl sites for hydroxylation is 3. The average molecular weight is 257 g/mol. The van der Waals surface area contributed by atoms with Crippen molar-refractivity contribution in [1.29, 1.82) is 0 Å². The molecule has 0 aliphatic carbocycles. The first-order valence-electron chi connectivity index (χ1n) is 5.62.